The minimum absolute atomic E-state index is 0.00724. The molecular formula is C44H65N13O8. The van der Waals surface area contributed by atoms with Crippen LogP contribution < -0.4 is 49.5 Å². The molecule has 3 atom stereocenters. The average molecular weight is 904 g/mol. The molecule has 2 aromatic carbocycles. The molecule has 0 spiro atoms. The number of unbranched alkanes of at least 4 members (excludes halogenated alkanes) is 2. The van der Waals surface area contributed by atoms with Gasteiger partial charge in [0.1, 0.15) is 18.1 Å². The Morgan fingerprint density at radius 3 is 2.05 bits per heavy atom. The zero-order valence-electron chi connectivity index (χ0n) is 37.2. The van der Waals surface area contributed by atoms with Crippen molar-refractivity contribution in [1.29, 1.82) is 0 Å². The molecule has 21 heteroatoms. The number of nitrogens with zero attached hydrogens (tertiary/aromatic N) is 3. The van der Waals surface area contributed by atoms with E-state index in [0.717, 1.165) is 17.3 Å². The third-order valence-corrected chi connectivity index (χ3v) is 10.2. The van der Waals surface area contributed by atoms with Crippen LogP contribution in [0.3, 0.4) is 0 Å². The standard InChI is InChI=1S/C44H65N13O8/c1-3-4-16-34(53-29(2)58)41(63)52-25-39(61)56(21-11-10-19-45)28-40(62)57(26-30-13-6-5-7-14-30)27-38(60)54-35(18-12-20-49-44(47)48)43(65)55-36(42(64)51-24-37(46)59)22-31-23-50-33-17-9-8-15-32(31)33/h5-9,13-15,17,23,34-36,50H,3-4,10-12,16,18-22,24-28,45H2,1-2H3,(H2,46,59)(H,51,64)(H,52,63)(H,53,58)(H,54,60)(H,55,65)(H4,47,48,49)/t34-,35-,36-/m0/s1. The number of carbonyl (C=O) groups is 8. The van der Waals surface area contributed by atoms with Crippen molar-refractivity contribution in [2.45, 2.75) is 89.9 Å². The van der Waals surface area contributed by atoms with Crippen molar-refractivity contribution in [2.75, 3.05) is 45.8 Å². The number of fused-ring (bicyclic) bond motifs is 1. The van der Waals surface area contributed by atoms with Gasteiger partial charge in [-0.25, -0.2) is 0 Å². The number of primary amides is 1. The summed E-state index contributed by atoms with van der Waals surface area (Å²) in [7, 11) is 0. The van der Waals surface area contributed by atoms with Crippen LogP contribution in [0.15, 0.2) is 65.8 Å². The maximum atomic E-state index is 14.2. The predicted octanol–water partition coefficient (Wildman–Crippen LogP) is -1.26. The molecule has 65 heavy (non-hydrogen) atoms. The fraction of sp³-hybridized carbons (Fsp3) is 0.477. The fourth-order valence-corrected chi connectivity index (χ4v) is 6.84. The summed E-state index contributed by atoms with van der Waals surface area (Å²) in [4.78, 5) is 115. The van der Waals surface area contributed by atoms with E-state index in [2.05, 4.69) is 36.6 Å². The number of para-hydroxylation sites is 1. The fourth-order valence-electron chi connectivity index (χ4n) is 6.84. The van der Waals surface area contributed by atoms with Crippen LogP contribution in [0, 0.1) is 0 Å². The average Bonchev–Trinajstić information content (AvgIpc) is 3.68. The Bertz CT molecular complexity index is 2090. The normalized spacial score (nSPS) is 12.2. The third-order valence-electron chi connectivity index (χ3n) is 10.2. The maximum absolute atomic E-state index is 14.2. The van der Waals surface area contributed by atoms with E-state index < -0.39 is 91.6 Å². The molecule has 3 rings (SSSR count). The van der Waals surface area contributed by atoms with E-state index in [1.807, 2.05) is 31.2 Å². The van der Waals surface area contributed by atoms with Crippen LogP contribution >= 0.6 is 0 Å². The van der Waals surface area contributed by atoms with Crippen molar-refractivity contribution in [3.8, 4) is 0 Å². The largest absolute Gasteiger partial charge is 0.370 e. The molecule has 0 unspecified atom stereocenters. The molecule has 0 aliphatic rings. The molecule has 0 aliphatic heterocycles. The first-order valence-corrected chi connectivity index (χ1v) is 21.7. The monoisotopic (exact) mass is 904 g/mol. The van der Waals surface area contributed by atoms with Gasteiger partial charge in [-0.3, -0.25) is 43.3 Å². The van der Waals surface area contributed by atoms with Gasteiger partial charge in [-0.05, 0) is 55.8 Å². The van der Waals surface area contributed by atoms with Crippen LogP contribution in [0.5, 0.6) is 0 Å². The minimum Gasteiger partial charge on any atom is -0.370 e. The Morgan fingerprint density at radius 1 is 0.708 bits per heavy atom. The highest BCUT2D eigenvalue weighted by Crippen LogP contribution is 2.19. The number of aromatic nitrogens is 1. The minimum atomic E-state index is -1.25. The lowest BCUT2D eigenvalue weighted by Gasteiger charge is -2.29. The number of hydrogen-bond acceptors (Lipinski definition) is 10. The number of H-pyrrole nitrogens is 1. The van der Waals surface area contributed by atoms with Crippen LogP contribution in [-0.2, 0) is 51.3 Å². The van der Waals surface area contributed by atoms with E-state index in [-0.39, 0.29) is 44.9 Å². The number of carbonyl (C=O) groups excluding carboxylic acids is 8. The first-order chi connectivity index (χ1) is 31.1. The summed E-state index contributed by atoms with van der Waals surface area (Å²) in [5.74, 6) is -5.22. The molecule has 0 radical (unpaired) electrons. The zero-order valence-corrected chi connectivity index (χ0v) is 37.2. The van der Waals surface area contributed by atoms with Gasteiger partial charge in [0, 0.05) is 50.1 Å². The Labute approximate surface area is 378 Å². The lowest BCUT2D eigenvalue weighted by atomic mass is 10.0. The van der Waals surface area contributed by atoms with Crippen molar-refractivity contribution in [3.63, 3.8) is 0 Å². The number of aliphatic imine (C=N–C) groups is 1. The van der Waals surface area contributed by atoms with Gasteiger partial charge in [0.15, 0.2) is 5.96 Å². The highest BCUT2D eigenvalue weighted by atomic mass is 16.2. The van der Waals surface area contributed by atoms with E-state index in [0.29, 0.717) is 43.4 Å². The van der Waals surface area contributed by atoms with E-state index in [1.54, 1.807) is 36.5 Å². The van der Waals surface area contributed by atoms with E-state index in [1.165, 1.54) is 16.7 Å². The second-order valence-corrected chi connectivity index (χ2v) is 15.5. The second-order valence-electron chi connectivity index (χ2n) is 15.5. The summed E-state index contributed by atoms with van der Waals surface area (Å²) in [6, 6.07) is 12.9. The van der Waals surface area contributed by atoms with E-state index in [4.69, 9.17) is 22.9 Å². The van der Waals surface area contributed by atoms with Gasteiger partial charge in [0.25, 0.3) is 0 Å². The molecule has 0 aliphatic carbocycles. The van der Waals surface area contributed by atoms with Crippen molar-refractivity contribution < 1.29 is 38.4 Å². The molecule has 1 aromatic heterocycles. The molecule has 0 bridgehead atoms. The molecule has 0 saturated heterocycles. The van der Waals surface area contributed by atoms with Gasteiger partial charge < -0.3 is 64.3 Å². The van der Waals surface area contributed by atoms with Crippen molar-refractivity contribution in [1.82, 2.24) is 41.4 Å². The molecule has 3 aromatic rings. The number of nitrogens with one attached hydrogen (secondary N) is 6. The number of guanidine groups is 1. The molecule has 8 amide bonds. The molecule has 0 saturated carbocycles. The Hall–Kier alpha value is -7.03. The van der Waals surface area contributed by atoms with Gasteiger partial charge in [-0.2, -0.15) is 0 Å². The number of hydrogen-bond donors (Lipinski definition) is 10. The summed E-state index contributed by atoms with van der Waals surface area (Å²) in [6.07, 6.45) is 4.78. The summed E-state index contributed by atoms with van der Waals surface area (Å²) in [5.41, 5.74) is 24.2. The van der Waals surface area contributed by atoms with Crippen LogP contribution in [0.4, 0.5) is 0 Å². The summed E-state index contributed by atoms with van der Waals surface area (Å²) in [6.45, 7) is 1.85. The van der Waals surface area contributed by atoms with E-state index in [9.17, 15) is 38.4 Å². The highest BCUT2D eigenvalue weighted by molar-refractivity contribution is 5.96. The molecule has 21 nitrogen and oxygen atoms in total. The molecule has 1 heterocycles. The van der Waals surface area contributed by atoms with Crippen LogP contribution in [0.1, 0.15) is 69.9 Å². The van der Waals surface area contributed by atoms with Gasteiger partial charge >= 0.3 is 0 Å². The third kappa shape index (κ3) is 19.1. The predicted molar refractivity (Wildman–Crippen MR) is 245 cm³/mol. The lowest BCUT2D eigenvalue weighted by molar-refractivity contribution is -0.143. The van der Waals surface area contributed by atoms with Crippen molar-refractivity contribution >= 4 is 64.1 Å². The quantitative estimate of drug-likeness (QED) is 0.0223. The topological polar surface area (TPSA) is 335 Å². The van der Waals surface area contributed by atoms with Crippen molar-refractivity contribution in [2.24, 2.45) is 27.9 Å². The zero-order chi connectivity index (χ0) is 47.7. The number of aromatic amines is 1. The highest BCUT2D eigenvalue weighted by Gasteiger charge is 2.30. The number of benzene rings is 2. The first kappa shape index (κ1) is 52.3. The Morgan fingerprint density at radius 2 is 1.37 bits per heavy atom. The van der Waals surface area contributed by atoms with Crippen LogP contribution in [0.2, 0.25) is 0 Å². The number of nitrogens with two attached hydrogens (primary N) is 4. The summed E-state index contributed by atoms with van der Waals surface area (Å²) in [5, 5.41) is 13.9. The van der Waals surface area contributed by atoms with Gasteiger partial charge in [0.2, 0.25) is 47.3 Å². The Balaban J connectivity index is 1.86. The number of amides is 8. The van der Waals surface area contributed by atoms with Crippen LogP contribution in [0.25, 0.3) is 10.9 Å². The summed E-state index contributed by atoms with van der Waals surface area (Å²) >= 11 is 0. The first-order valence-electron chi connectivity index (χ1n) is 21.7. The molecule has 14 N–H and O–H groups in total. The SMILES string of the molecule is CCCC[C@H](NC(C)=O)C(=O)NCC(=O)N(CCCCN)CC(=O)N(CC(=O)N[C@@H](CCCN=C(N)N)C(=O)N[C@@H](Cc1c[nH]c2ccccc12)C(=O)NCC(N)=O)Cc1ccccc1. The van der Waals surface area contributed by atoms with E-state index >= 15 is 0 Å². The number of rotatable bonds is 29. The van der Waals surface area contributed by atoms with Gasteiger partial charge in [-0.15, -0.1) is 0 Å². The molecule has 0 fully saturated rings. The van der Waals surface area contributed by atoms with Crippen LogP contribution in [-0.4, -0.2) is 132 Å². The lowest BCUT2D eigenvalue weighted by Crippen LogP contribution is -2.56. The maximum Gasteiger partial charge on any atom is 0.243 e. The second kappa shape index (κ2) is 27.9. The van der Waals surface area contributed by atoms with Gasteiger partial charge in [0.05, 0.1) is 26.2 Å². The van der Waals surface area contributed by atoms with Crippen molar-refractivity contribution in [3.05, 3.63) is 71.9 Å². The van der Waals surface area contributed by atoms with Gasteiger partial charge in [-0.1, -0.05) is 68.3 Å². The summed E-state index contributed by atoms with van der Waals surface area (Å²) < 4.78 is 0. The molecule has 354 valence electrons. The molecular weight excluding hydrogens is 839 g/mol. The smallest absolute Gasteiger partial charge is 0.243 e. The Kier molecular flexibility index (Phi) is 22.5.